The van der Waals surface area contributed by atoms with Crippen molar-refractivity contribution in [3.63, 3.8) is 0 Å². The lowest BCUT2D eigenvalue weighted by atomic mass is 10.0. The molecule has 0 bridgehead atoms. The number of carbonyl (C=O) groups is 2. The van der Waals surface area contributed by atoms with Crippen molar-refractivity contribution in [3.8, 4) is 0 Å². The summed E-state index contributed by atoms with van der Waals surface area (Å²) in [5, 5.41) is 11.3. The number of carboxylic acids is 1. The highest BCUT2D eigenvalue weighted by Gasteiger charge is 2.16. The van der Waals surface area contributed by atoms with Crippen molar-refractivity contribution < 1.29 is 19.4 Å². The smallest absolute Gasteiger partial charge is 0.407 e. The minimum Gasteiger partial charge on any atom is -0.481 e. The van der Waals surface area contributed by atoms with Crippen LogP contribution in [0.15, 0.2) is 30.3 Å². The third kappa shape index (κ3) is 8.80. The van der Waals surface area contributed by atoms with Crippen molar-refractivity contribution in [3.05, 3.63) is 35.9 Å². The zero-order chi connectivity index (χ0) is 17.1. The monoisotopic (exact) mass is 323 g/mol. The van der Waals surface area contributed by atoms with Gasteiger partial charge in [-0.3, -0.25) is 4.79 Å². The molecule has 1 aromatic rings. The highest BCUT2D eigenvalue weighted by Crippen LogP contribution is 2.04. The van der Waals surface area contributed by atoms with Crippen LogP contribution in [0.4, 0.5) is 4.79 Å². The van der Waals surface area contributed by atoms with E-state index in [0.29, 0.717) is 13.0 Å². The van der Waals surface area contributed by atoms with Crippen molar-refractivity contribution >= 4 is 12.1 Å². The number of alkyl carbamates (subject to hydrolysis) is 1. The number of unbranched alkanes of at least 4 members (excludes halogenated alkanes) is 1. The first-order valence-electron chi connectivity index (χ1n) is 7.66. The molecule has 0 spiro atoms. The van der Waals surface area contributed by atoms with E-state index in [9.17, 15) is 9.59 Å². The summed E-state index contributed by atoms with van der Waals surface area (Å²) in [5.74, 6) is -0.948. The highest BCUT2D eigenvalue weighted by atomic mass is 16.5. The molecule has 0 fully saturated rings. The molecule has 1 amide bonds. The first-order valence-corrected chi connectivity index (χ1v) is 7.66. The third-order valence-corrected chi connectivity index (χ3v) is 3.41. The van der Waals surface area contributed by atoms with Crippen LogP contribution < -0.4 is 16.8 Å². The zero-order valence-electron chi connectivity index (χ0n) is 13.1. The Morgan fingerprint density at radius 2 is 1.83 bits per heavy atom. The van der Waals surface area contributed by atoms with Gasteiger partial charge in [-0.05, 0) is 18.4 Å². The number of hydrogen-bond donors (Lipinski definition) is 4. The Morgan fingerprint density at radius 1 is 1.13 bits per heavy atom. The number of nitrogens with two attached hydrogens (primary N) is 2. The summed E-state index contributed by atoms with van der Waals surface area (Å²) >= 11 is 0. The van der Waals surface area contributed by atoms with E-state index in [1.54, 1.807) is 0 Å². The lowest BCUT2D eigenvalue weighted by molar-refractivity contribution is -0.137. The van der Waals surface area contributed by atoms with Gasteiger partial charge >= 0.3 is 12.1 Å². The standard InChI is InChI=1S/C16H25N3O4/c17-13(14(18)10-15(20)21)8-4-5-9-19-16(22)23-11-12-6-2-1-3-7-12/h1-3,6-7,13-14H,4-5,8-11,17-18H2,(H,19,22)(H,20,21)/t13-,14+/m0/s1. The van der Waals surface area contributed by atoms with Gasteiger partial charge < -0.3 is 26.6 Å². The molecular weight excluding hydrogens is 298 g/mol. The van der Waals surface area contributed by atoms with E-state index < -0.39 is 18.1 Å². The number of carboxylic acid groups (broad SMARTS) is 1. The van der Waals surface area contributed by atoms with Crippen LogP contribution in [0.5, 0.6) is 0 Å². The molecule has 0 aliphatic heterocycles. The third-order valence-electron chi connectivity index (χ3n) is 3.41. The average Bonchev–Trinajstić information content (AvgIpc) is 2.52. The maximum Gasteiger partial charge on any atom is 0.407 e. The Balaban J connectivity index is 2.06. The number of aliphatic carboxylic acids is 1. The van der Waals surface area contributed by atoms with Crippen LogP contribution in [0.1, 0.15) is 31.2 Å². The summed E-state index contributed by atoms with van der Waals surface area (Å²) < 4.78 is 5.08. The quantitative estimate of drug-likeness (QED) is 0.479. The predicted molar refractivity (Wildman–Crippen MR) is 86.7 cm³/mol. The first-order chi connectivity index (χ1) is 11.0. The van der Waals surface area contributed by atoms with Gasteiger partial charge in [-0.2, -0.15) is 0 Å². The highest BCUT2D eigenvalue weighted by molar-refractivity contribution is 5.67. The minimum atomic E-state index is -0.948. The number of hydrogen-bond acceptors (Lipinski definition) is 5. The van der Waals surface area contributed by atoms with Crippen molar-refractivity contribution in [2.75, 3.05) is 6.54 Å². The average molecular weight is 323 g/mol. The minimum absolute atomic E-state index is 0.134. The summed E-state index contributed by atoms with van der Waals surface area (Å²) in [4.78, 5) is 22.0. The van der Waals surface area contributed by atoms with Crippen molar-refractivity contribution in [1.29, 1.82) is 0 Å². The second-order valence-electron chi connectivity index (χ2n) is 5.41. The van der Waals surface area contributed by atoms with Crippen LogP contribution in [0, 0.1) is 0 Å². The van der Waals surface area contributed by atoms with Gasteiger partial charge in [0.15, 0.2) is 0 Å². The molecule has 7 nitrogen and oxygen atoms in total. The van der Waals surface area contributed by atoms with Gasteiger partial charge in [-0.15, -0.1) is 0 Å². The molecule has 0 aliphatic carbocycles. The fourth-order valence-corrected chi connectivity index (χ4v) is 2.04. The van der Waals surface area contributed by atoms with Crippen LogP contribution in [0.3, 0.4) is 0 Å². The van der Waals surface area contributed by atoms with Gasteiger partial charge in [0.05, 0.1) is 6.42 Å². The van der Waals surface area contributed by atoms with Crippen LogP contribution in [-0.2, 0) is 16.1 Å². The van der Waals surface area contributed by atoms with E-state index in [0.717, 1.165) is 18.4 Å². The van der Waals surface area contributed by atoms with Crippen LogP contribution >= 0.6 is 0 Å². The second-order valence-corrected chi connectivity index (χ2v) is 5.41. The fourth-order valence-electron chi connectivity index (χ4n) is 2.04. The van der Waals surface area contributed by atoms with Crippen molar-refractivity contribution in [2.45, 2.75) is 44.4 Å². The Bertz CT molecular complexity index is 481. The SMILES string of the molecule is N[C@H](CC(=O)O)[C@@H](N)CCCCNC(=O)OCc1ccccc1. The molecule has 0 saturated carbocycles. The second kappa shape index (κ2) is 10.6. The maximum absolute atomic E-state index is 11.5. The fraction of sp³-hybridized carbons (Fsp3) is 0.500. The topological polar surface area (TPSA) is 128 Å². The molecule has 23 heavy (non-hydrogen) atoms. The van der Waals surface area contributed by atoms with Gasteiger partial charge in [0, 0.05) is 18.6 Å². The molecule has 2 atom stereocenters. The Labute approximate surface area is 136 Å². The molecule has 6 N–H and O–H groups in total. The molecule has 0 unspecified atom stereocenters. The Kier molecular flexibility index (Phi) is 8.71. The van der Waals surface area contributed by atoms with Gasteiger partial charge in [0.2, 0.25) is 0 Å². The molecule has 7 heteroatoms. The van der Waals surface area contributed by atoms with E-state index in [2.05, 4.69) is 5.32 Å². The van der Waals surface area contributed by atoms with Gasteiger partial charge in [0.1, 0.15) is 6.61 Å². The van der Waals surface area contributed by atoms with Crippen LogP contribution in [0.25, 0.3) is 0 Å². The summed E-state index contributed by atoms with van der Waals surface area (Å²) in [5.41, 5.74) is 12.4. The molecule has 128 valence electrons. The van der Waals surface area contributed by atoms with Crippen molar-refractivity contribution in [2.24, 2.45) is 11.5 Å². The van der Waals surface area contributed by atoms with Crippen LogP contribution in [0.2, 0.25) is 0 Å². The van der Waals surface area contributed by atoms with Crippen LogP contribution in [-0.4, -0.2) is 35.8 Å². The first kappa shape index (κ1) is 18.9. The number of nitrogens with one attached hydrogen (secondary N) is 1. The molecule has 0 heterocycles. The lowest BCUT2D eigenvalue weighted by Gasteiger charge is -2.17. The van der Waals surface area contributed by atoms with E-state index in [-0.39, 0.29) is 19.1 Å². The van der Waals surface area contributed by atoms with E-state index in [1.165, 1.54) is 0 Å². The van der Waals surface area contributed by atoms with Gasteiger partial charge in [0.25, 0.3) is 0 Å². The Hall–Kier alpha value is -2.12. The van der Waals surface area contributed by atoms with Gasteiger partial charge in [-0.1, -0.05) is 36.8 Å². The Morgan fingerprint density at radius 3 is 2.48 bits per heavy atom. The predicted octanol–water partition coefficient (Wildman–Crippen LogP) is 1.21. The summed E-state index contributed by atoms with van der Waals surface area (Å²) in [6.07, 6.45) is 1.52. The number of ether oxygens (including phenoxy) is 1. The summed E-state index contributed by atoms with van der Waals surface area (Å²) in [6, 6.07) is 8.54. The number of amides is 1. The molecule has 1 rings (SSSR count). The summed E-state index contributed by atoms with van der Waals surface area (Å²) in [6.45, 7) is 0.718. The van der Waals surface area contributed by atoms with Gasteiger partial charge in [-0.25, -0.2) is 4.79 Å². The molecule has 0 aliphatic rings. The van der Waals surface area contributed by atoms with E-state index in [1.807, 2.05) is 30.3 Å². The molecular formula is C16H25N3O4. The molecule has 0 saturated heterocycles. The number of carbonyl (C=O) groups excluding carboxylic acids is 1. The van der Waals surface area contributed by atoms with E-state index >= 15 is 0 Å². The molecule has 1 aromatic carbocycles. The molecule has 0 aromatic heterocycles. The van der Waals surface area contributed by atoms with Crippen molar-refractivity contribution in [1.82, 2.24) is 5.32 Å². The number of rotatable bonds is 10. The summed E-state index contributed by atoms with van der Waals surface area (Å²) in [7, 11) is 0. The largest absolute Gasteiger partial charge is 0.481 e. The number of benzene rings is 1. The van der Waals surface area contributed by atoms with E-state index in [4.69, 9.17) is 21.3 Å². The normalized spacial score (nSPS) is 13.1. The zero-order valence-corrected chi connectivity index (χ0v) is 13.1. The maximum atomic E-state index is 11.5. The molecule has 0 radical (unpaired) electrons. The lowest BCUT2D eigenvalue weighted by Crippen LogP contribution is -2.42.